The quantitative estimate of drug-likeness (QED) is 0.761. The van der Waals surface area contributed by atoms with E-state index in [0.717, 1.165) is 17.8 Å². The van der Waals surface area contributed by atoms with Crippen molar-refractivity contribution >= 4 is 11.6 Å². The fraction of sp³-hybridized carbons (Fsp3) is 0.435. The number of hydrogen-bond acceptors (Lipinski definition) is 3. The predicted octanol–water partition coefficient (Wildman–Crippen LogP) is 4.86. The molecule has 1 unspecified atom stereocenters. The summed E-state index contributed by atoms with van der Waals surface area (Å²) in [5.41, 5.74) is 2.01. The topological polar surface area (TPSA) is 41.6 Å². The third-order valence-electron chi connectivity index (χ3n) is 5.32. The number of carbonyl (C=O) groups excluding carboxylic acids is 1. The average molecular weight is 367 g/mol. The number of carbonyl (C=O) groups is 1. The van der Waals surface area contributed by atoms with Gasteiger partial charge in [0.1, 0.15) is 5.75 Å². The highest BCUT2D eigenvalue weighted by molar-refractivity contribution is 5.94. The molecule has 2 aromatic rings. The molecule has 27 heavy (non-hydrogen) atoms. The van der Waals surface area contributed by atoms with E-state index < -0.39 is 6.10 Å². The Balaban J connectivity index is 1.61. The Morgan fingerprint density at radius 2 is 1.74 bits per heavy atom. The molecule has 1 fully saturated rings. The molecule has 0 aromatic heterocycles. The van der Waals surface area contributed by atoms with Gasteiger partial charge in [0, 0.05) is 18.3 Å². The molecule has 1 amide bonds. The minimum atomic E-state index is -0.559. The largest absolute Gasteiger partial charge is 0.481 e. The second kappa shape index (κ2) is 9.56. The molecule has 4 nitrogen and oxygen atoms in total. The second-order valence-electron chi connectivity index (χ2n) is 7.43. The van der Waals surface area contributed by atoms with E-state index in [2.05, 4.69) is 23.3 Å². The van der Waals surface area contributed by atoms with Crippen molar-refractivity contribution in [3.63, 3.8) is 0 Å². The maximum absolute atomic E-state index is 12.6. The van der Waals surface area contributed by atoms with Gasteiger partial charge >= 0.3 is 0 Å². The fourth-order valence-electron chi connectivity index (χ4n) is 3.69. The molecule has 0 spiro atoms. The van der Waals surface area contributed by atoms with Gasteiger partial charge in [-0.05, 0) is 50.6 Å². The summed E-state index contributed by atoms with van der Waals surface area (Å²) < 4.78 is 5.74. The second-order valence-corrected chi connectivity index (χ2v) is 7.43. The molecule has 0 saturated heterocycles. The lowest BCUT2D eigenvalue weighted by atomic mass is 9.94. The van der Waals surface area contributed by atoms with E-state index in [0.29, 0.717) is 11.8 Å². The molecular weight excluding hydrogens is 336 g/mol. The lowest BCUT2D eigenvalue weighted by Crippen LogP contribution is -2.34. The van der Waals surface area contributed by atoms with Gasteiger partial charge in [0.05, 0.1) is 0 Å². The van der Waals surface area contributed by atoms with Gasteiger partial charge in [-0.1, -0.05) is 55.7 Å². The zero-order chi connectivity index (χ0) is 19.1. The minimum absolute atomic E-state index is 0.133. The summed E-state index contributed by atoms with van der Waals surface area (Å²) in [6, 6.07) is 18.1. The number of nitrogens with one attached hydrogen (secondary N) is 1. The van der Waals surface area contributed by atoms with Gasteiger partial charge in [0.2, 0.25) is 0 Å². The molecule has 0 heterocycles. The van der Waals surface area contributed by atoms with E-state index in [-0.39, 0.29) is 5.91 Å². The Hall–Kier alpha value is -2.33. The SMILES string of the molecule is CC(Oc1ccccc1)C(=O)Nc1ccccc1CN(C)C1CCCCC1. The first-order valence-electron chi connectivity index (χ1n) is 9.94. The van der Waals surface area contributed by atoms with E-state index in [9.17, 15) is 4.79 Å². The zero-order valence-electron chi connectivity index (χ0n) is 16.4. The molecule has 1 aliphatic rings. The molecular formula is C23H30N2O2. The molecule has 1 atom stereocenters. The highest BCUT2D eigenvalue weighted by Gasteiger charge is 2.20. The normalized spacial score (nSPS) is 16.1. The van der Waals surface area contributed by atoms with Crippen LogP contribution in [0.4, 0.5) is 5.69 Å². The molecule has 144 valence electrons. The number of rotatable bonds is 7. The van der Waals surface area contributed by atoms with Crippen LogP contribution in [0.1, 0.15) is 44.6 Å². The van der Waals surface area contributed by atoms with E-state index in [4.69, 9.17) is 4.74 Å². The van der Waals surface area contributed by atoms with Crippen LogP contribution in [0.3, 0.4) is 0 Å². The molecule has 1 N–H and O–H groups in total. The van der Waals surface area contributed by atoms with Gasteiger partial charge in [-0.2, -0.15) is 0 Å². The van der Waals surface area contributed by atoms with E-state index in [1.165, 1.54) is 32.1 Å². The van der Waals surface area contributed by atoms with E-state index in [1.54, 1.807) is 6.92 Å². The molecule has 4 heteroatoms. The summed E-state index contributed by atoms with van der Waals surface area (Å²) in [4.78, 5) is 15.0. The highest BCUT2D eigenvalue weighted by atomic mass is 16.5. The van der Waals surface area contributed by atoms with Gasteiger partial charge < -0.3 is 10.1 Å². The lowest BCUT2D eigenvalue weighted by Gasteiger charge is -2.31. The predicted molar refractivity (Wildman–Crippen MR) is 110 cm³/mol. The Morgan fingerprint density at radius 3 is 2.48 bits per heavy atom. The van der Waals surface area contributed by atoms with Gasteiger partial charge in [0.25, 0.3) is 5.91 Å². The van der Waals surface area contributed by atoms with Crippen LogP contribution in [0.25, 0.3) is 0 Å². The standard InChI is InChI=1S/C23H30N2O2/c1-18(27-21-14-7-4-8-15-21)23(26)24-22-16-10-9-11-19(22)17-25(2)20-12-5-3-6-13-20/h4,7-11,14-16,18,20H,3,5-6,12-13,17H2,1-2H3,(H,24,26). The van der Waals surface area contributed by atoms with Crippen molar-refractivity contribution in [1.82, 2.24) is 4.90 Å². The van der Waals surface area contributed by atoms with Crippen molar-refractivity contribution in [2.75, 3.05) is 12.4 Å². The maximum atomic E-state index is 12.6. The Labute approximate surface area is 162 Å². The van der Waals surface area contributed by atoms with Crippen molar-refractivity contribution in [2.45, 2.75) is 57.7 Å². The van der Waals surface area contributed by atoms with Crippen molar-refractivity contribution in [3.05, 3.63) is 60.2 Å². The summed E-state index contributed by atoms with van der Waals surface area (Å²) in [6.07, 6.45) is 5.98. The van der Waals surface area contributed by atoms with Crippen molar-refractivity contribution in [3.8, 4) is 5.75 Å². The van der Waals surface area contributed by atoms with E-state index >= 15 is 0 Å². The zero-order valence-corrected chi connectivity index (χ0v) is 16.4. The smallest absolute Gasteiger partial charge is 0.265 e. The van der Waals surface area contributed by atoms with Crippen molar-refractivity contribution in [2.24, 2.45) is 0 Å². The Morgan fingerprint density at radius 1 is 1.07 bits per heavy atom. The lowest BCUT2D eigenvalue weighted by molar-refractivity contribution is -0.122. The number of ether oxygens (including phenoxy) is 1. The van der Waals surface area contributed by atoms with Crippen LogP contribution in [0.5, 0.6) is 5.75 Å². The molecule has 0 bridgehead atoms. The molecule has 3 rings (SSSR count). The van der Waals surface area contributed by atoms with Gasteiger partial charge in [-0.25, -0.2) is 0 Å². The van der Waals surface area contributed by atoms with Gasteiger partial charge in [0.15, 0.2) is 6.10 Å². The van der Waals surface area contributed by atoms with Gasteiger partial charge in [-0.15, -0.1) is 0 Å². The van der Waals surface area contributed by atoms with Crippen LogP contribution >= 0.6 is 0 Å². The average Bonchev–Trinajstić information content (AvgIpc) is 2.70. The van der Waals surface area contributed by atoms with E-state index in [1.807, 2.05) is 48.5 Å². The first-order valence-corrected chi connectivity index (χ1v) is 9.94. The third kappa shape index (κ3) is 5.57. The maximum Gasteiger partial charge on any atom is 0.265 e. The summed E-state index contributed by atoms with van der Waals surface area (Å²) in [5.74, 6) is 0.567. The van der Waals surface area contributed by atoms with Gasteiger partial charge in [-0.3, -0.25) is 9.69 Å². The van der Waals surface area contributed by atoms with Crippen LogP contribution in [-0.4, -0.2) is 30.0 Å². The van der Waals surface area contributed by atoms with Crippen molar-refractivity contribution in [1.29, 1.82) is 0 Å². The molecule has 0 aliphatic heterocycles. The highest BCUT2D eigenvalue weighted by Crippen LogP contribution is 2.25. The number of para-hydroxylation sites is 2. The third-order valence-corrected chi connectivity index (χ3v) is 5.32. The van der Waals surface area contributed by atoms with Crippen LogP contribution in [0, 0.1) is 0 Å². The van der Waals surface area contributed by atoms with Crippen LogP contribution < -0.4 is 10.1 Å². The molecule has 2 aromatic carbocycles. The number of amides is 1. The molecule has 0 radical (unpaired) electrons. The first-order chi connectivity index (χ1) is 13.1. The molecule has 1 saturated carbocycles. The number of hydrogen-bond donors (Lipinski definition) is 1. The first kappa shape index (κ1) is 19.4. The van der Waals surface area contributed by atoms with Crippen LogP contribution in [0.15, 0.2) is 54.6 Å². The number of anilines is 1. The minimum Gasteiger partial charge on any atom is -0.481 e. The Bertz CT molecular complexity index is 726. The fourth-order valence-corrected chi connectivity index (χ4v) is 3.69. The van der Waals surface area contributed by atoms with Crippen LogP contribution in [-0.2, 0) is 11.3 Å². The van der Waals surface area contributed by atoms with Crippen molar-refractivity contribution < 1.29 is 9.53 Å². The summed E-state index contributed by atoms with van der Waals surface area (Å²) in [7, 11) is 2.19. The summed E-state index contributed by atoms with van der Waals surface area (Å²) >= 11 is 0. The summed E-state index contributed by atoms with van der Waals surface area (Å²) in [5, 5.41) is 3.05. The summed E-state index contributed by atoms with van der Waals surface area (Å²) in [6.45, 7) is 2.62. The monoisotopic (exact) mass is 366 g/mol. The number of nitrogens with zero attached hydrogens (tertiary/aromatic N) is 1. The molecule has 1 aliphatic carbocycles. The Kier molecular flexibility index (Phi) is 6.88. The number of benzene rings is 2. The van der Waals surface area contributed by atoms with Crippen LogP contribution in [0.2, 0.25) is 0 Å².